The molecule has 0 spiro atoms. The number of nitrogens with zero attached hydrogens (tertiary/aromatic N) is 2. The number of hydrogen-bond donors (Lipinski definition) is 3. The third kappa shape index (κ3) is 4.97. The van der Waals surface area contributed by atoms with Crippen molar-refractivity contribution in [2.24, 2.45) is 5.92 Å². The highest BCUT2D eigenvalue weighted by molar-refractivity contribution is 6.27. The summed E-state index contributed by atoms with van der Waals surface area (Å²) >= 11 is 0. The summed E-state index contributed by atoms with van der Waals surface area (Å²) in [6, 6.07) is 2.69. The molecule has 1 fully saturated rings. The molecular weight excluding hydrogens is 282 g/mol. The first kappa shape index (κ1) is 11.9. The normalized spacial score (nSPS) is 15.3. The van der Waals surface area contributed by atoms with Crippen molar-refractivity contribution in [2.45, 2.75) is 12.8 Å². The zero-order chi connectivity index (χ0) is 18.5. The van der Waals surface area contributed by atoms with Crippen LogP contribution in [0, 0.1) is 5.92 Å². The van der Waals surface area contributed by atoms with Crippen LogP contribution in [0.15, 0.2) is 12.1 Å². The van der Waals surface area contributed by atoms with E-state index in [0.717, 1.165) is 12.8 Å². The summed E-state index contributed by atoms with van der Waals surface area (Å²) in [7, 11) is 0. The van der Waals surface area contributed by atoms with Gasteiger partial charge in [0.05, 0.1) is 0 Å². The van der Waals surface area contributed by atoms with Gasteiger partial charge in [-0.25, -0.2) is 9.59 Å². The minimum absolute atomic E-state index is 0.0290. The molecule has 0 atom stereocenters. The Bertz CT molecular complexity index is 643. The van der Waals surface area contributed by atoms with Gasteiger partial charge in [-0.3, -0.25) is 9.59 Å². The quantitative estimate of drug-likeness (QED) is 0.503. The van der Waals surface area contributed by atoms with E-state index in [-0.39, 0.29) is 23.1 Å². The Hall–Kier alpha value is -2.84. The van der Waals surface area contributed by atoms with Crippen LogP contribution in [0.3, 0.4) is 0 Å². The van der Waals surface area contributed by atoms with E-state index in [2.05, 4.69) is 10.2 Å². The van der Waals surface area contributed by atoms with Crippen molar-refractivity contribution in [3.63, 3.8) is 0 Å². The maximum absolute atomic E-state index is 11.6. The van der Waals surface area contributed by atoms with E-state index >= 15 is 0 Å². The van der Waals surface area contributed by atoms with Gasteiger partial charge in [0.2, 0.25) is 0 Å². The van der Waals surface area contributed by atoms with Crippen LogP contribution in [0.25, 0.3) is 0 Å². The maximum Gasteiger partial charge on any atom is 0.414 e. The molecule has 1 heterocycles. The Balaban J connectivity index is 0.000000413. The third-order valence-electron chi connectivity index (χ3n) is 2.39. The number of hydrogen-bond acceptors (Lipinski definition) is 6. The van der Waals surface area contributed by atoms with Gasteiger partial charge in [0.25, 0.3) is 5.91 Å². The third-order valence-corrected chi connectivity index (χ3v) is 2.39. The number of carboxylic acid groups (broad SMARTS) is 2. The predicted octanol–water partition coefficient (Wildman–Crippen LogP) is -0.415. The van der Waals surface area contributed by atoms with Crippen molar-refractivity contribution in [1.82, 2.24) is 15.5 Å². The van der Waals surface area contributed by atoms with E-state index in [0.29, 0.717) is 0 Å². The maximum atomic E-state index is 11.6. The lowest BCUT2D eigenvalue weighted by molar-refractivity contribution is -0.159. The van der Waals surface area contributed by atoms with Crippen LogP contribution in [-0.4, -0.2) is 51.0 Å². The summed E-state index contributed by atoms with van der Waals surface area (Å²) in [6.45, 7) is -2.57. The van der Waals surface area contributed by atoms with E-state index < -0.39 is 24.8 Å². The lowest BCUT2D eigenvalue weighted by Crippen LogP contribution is -2.20. The fraction of sp³-hybridized carbons (Fsp3) is 0.333. The molecule has 1 aliphatic rings. The standard InChI is InChI=1S/C10H11N3O2.C2H2O4/c1-11-10(15)8-5-4-7(12-13-8)9(14)6-2-3-6;3-1(4)2(5)6/h4-6H,2-3H2,1H3,(H,11,15);(H,3,4)(H,5,6)/i1D3;. The Morgan fingerprint density at radius 2 is 1.67 bits per heavy atom. The van der Waals surface area contributed by atoms with Crippen LogP contribution in [0.1, 0.15) is 37.9 Å². The van der Waals surface area contributed by atoms with Crippen LogP contribution >= 0.6 is 0 Å². The second-order valence-electron chi connectivity index (χ2n) is 4.01. The average Bonchev–Trinajstić information content (AvgIpc) is 3.30. The van der Waals surface area contributed by atoms with Gasteiger partial charge in [-0.2, -0.15) is 0 Å². The highest BCUT2D eigenvalue weighted by atomic mass is 16.4. The van der Waals surface area contributed by atoms with Crippen LogP contribution < -0.4 is 5.32 Å². The van der Waals surface area contributed by atoms with Gasteiger partial charge in [-0.05, 0) is 25.0 Å². The summed E-state index contributed by atoms with van der Waals surface area (Å²) in [5.74, 6) is -4.54. The number of carbonyl (C=O) groups excluding carboxylic acids is 2. The SMILES string of the molecule is O=C(O)C(=O)O.[2H]C([2H])([2H])NC(=O)c1ccc(C(=O)C2CC2)nn1. The Kier molecular flexibility index (Phi) is 4.03. The highest BCUT2D eigenvalue weighted by Gasteiger charge is 2.31. The molecular formula is C12H13N3O6. The van der Waals surface area contributed by atoms with Gasteiger partial charge in [0.1, 0.15) is 5.69 Å². The lowest BCUT2D eigenvalue weighted by Gasteiger charge is -1.99. The van der Waals surface area contributed by atoms with Gasteiger partial charge in [-0.15, -0.1) is 10.2 Å². The smallest absolute Gasteiger partial charge is 0.414 e. The minimum atomic E-state index is -2.57. The first-order valence-electron chi connectivity index (χ1n) is 7.18. The van der Waals surface area contributed by atoms with Crippen LogP contribution in [0.5, 0.6) is 0 Å². The summed E-state index contributed by atoms with van der Waals surface area (Å²) in [6.07, 6.45) is 1.73. The molecule has 9 heteroatoms. The number of aromatic nitrogens is 2. The van der Waals surface area contributed by atoms with Crippen LogP contribution in [0.4, 0.5) is 0 Å². The van der Waals surface area contributed by atoms with E-state index in [1.54, 1.807) is 5.32 Å². The first-order chi connectivity index (χ1) is 11.0. The molecule has 1 aromatic heterocycles. The lowest BCUT2D eigenvalue weighted by atomic mass is 10.2. The molecule has 112 valence electrons. The monoisotopic (exact) mass is 298 g/mol. The molecule has 0 saturated heterocycles. The van der Waals surface area contributed by atoms with Gasteiger partial charge < -0.3 is 15.5 Å². The summed E-state index contributed by atoms with van der Waals surface area (Å²) in [5.41, 5.74) is 0.0846. The van der Waals surface area contributed by atoms with Crippen LogP contribution in [0.2, 0.25) is 0 Å². The predicted molar refractivity (Wildman–Crippen MR) is 67.7 cm³/mol. The molecule has 0 bridgehead atoms. The van der Waals surface area contributed by atoms with E-state index in [1.807, 2.05) is 0 Å². The molecule has 0 radical (unpaired) electrons. The molecule has 0 unspecified atom stereocenters. The summed E-state index contributed by atoms with van der Waals surface area (Å²) in [5, 5.41) is 23.8. The molecule has 0 aliphatic heterocycles. The van der Waals surface area contributed by atoms with Gasteiger partial charge in [0, 0.05) is 17.0 Å². The second kappa shape index (κ2) is 7.08. The Morgan fingerprint density at radius 3 is 2.05 bits per heavy atom. The summed E-state index contributed by atoms with van der Waals surface area (Å²) in [4.78, 5) is 41.3. The number of amides is 1. The fourth-order valence-electron chi connectivity index (χ4n) is 1.20. The summed E-state index contributed by atoms with van der Waals surface area (Å²) < 4.78 is 20.7. The number of Topliss-reactive ketones (excluding diaryl/α,β-unsaturated/α-hetero) is 1. The first-order valence-corrected chi connectivity index (χ1v) is 5.68. The van der Waals surface area contributed by atoms with Crippen molar-refractivity contribution in [2.75, 3.05) is 6.98 Å². The number of ketones is 1. The van der Waals surface area contributed by atoms with E-state index in [9.17, 15) is 9.59 Å². The van der Waals surface area contributed by atoms with Crippen molar-refractivity contribution < 1.29 is 33.5 Å². The molecule has 9 nitrogen and oxygen atoms in total. The number of rotatable bonds is 3. The topological polar surface area (TPSA) is 147 Å². The molecule has 1 saturated carbocycles. The van der Waals surface area contributed by atoms with Gasteiger partial charge in [0.15, 0.2) is 11.5 Å². The van der Waals surface area contributed by atoms with Crippen molar-refractivity contribution in [3.8, 4) is 0 Å². The van der Waals surface area contributed by atoms with E-state index in [1.165, 1.54) is 12.1 Å². The second-order valence-corrected chi connectivity index (χ2v) is 4.01. The zero-order valence-corrected chi connectivity index (χ0v) is 10.6. The van der Waals surface area contributed by atoms with Crippen LogP contribution in [-0.2, 0) is 9.59 Å². The zero-order valence-electron chi connectivity index (χ0n) is 13.6. The van der Waals surface area contributed by atoms with Crippen molar-refractivity contribution in [1.29, 1.82) is 0 Å². The molecule has 1 aliphatic carbocycles. The number of carbonyl (C=O) groups is 4. The molecule has 1 amide bonds. The van der Waals surface area contributed by atoms with E-state index in [4.69, 9.17) is 23.9 Å². The molecule has 2 rings (SSSR count). The number of carboxylic acids is 2. The molecule has 21 heavy (non-hydrogen) atoms. The molecule has 1 aromatic rings. The minimum Gasteiger partial charge on any atom is -0.473 e. The fourth-order valence-corrected chi connectivity index (χ4v) is 1.20. The number of nitrogens with one attached hydrogen (secondary N) is 1. The van der Waals surface area contributed by atoms with Gasteiger partial charge in [-0.1, -0.05) is 0 Å². The average molecular weight is 298 g/mol. The molecule has 3 N–H and O–H groups in total. The Labute approximate surface area is 123 Å². The number of aliphatic carboxylic acids is 2. The highest BCUT2D eigenvalue weighted by Crippen LogP contribution is 2.31. The Morgan fingerprint density at radius 1 is 1.14 bits per heavy atom. The van der Waals surface area contributed by atoms with Crippen molar-refractivity contribution >= 4 is 23.6 Å². The van der Waals surface area contributed by atoms with Gasteiger partial charge >= 0.3 is 11.9 Å². The van der Waals surface area contributed by atoms with Crippen molar-refractivity contribution in [3.05, 3.63) is 23.5 Å². The largest absolute Gasteiger partial charge is 0.473 e. The molecule has 0 aromatic carbocycles.